The molecule has 2 amide bonds. The Balaban J connectivity index is 2.49. The van der Waals surface area contributed by atoms with E-state index in [1.165, 1.54) is 11.3 Å². The van der Waals surface area contributed by atoms with Crippen molar-refractivity contribution >= 4 is 39.1 Å². The quantitative estimate of drug-likeness (QED) is 0.893. The number of rotatable bonds is 3. The van der Waals surface area contributed by atoms with E-state index in [0.29, 0.717) is 4.88 Å². The van der Waals surface area contributed by atoms with Gasteiger partial charge in [0.1, 0.15) is 0 Å². The first-order valence-electron chi connectivity index (χ1n) is 5.54. The number of amides is 2. The molecule has 18 heavy (non-hydrogen) atoms. The average Bonchev–Trinajstić information content (AvgIpc) is 2.53. The fourth-order valence-electron chi connectivity index (χ4n) is 1.28. The zero-order valence-corrected chi connectivity index (χ0v) is 13.3. The number of nitrogens with one attached hydrogen (secondary N) is 2. The molecule has 0 spiro atoms. The molecule has 1 rings (SSSR count). The summed E-state index contributed by atoms with van der Waals surface area (Å²) in [5, 5.41) is 5.38. The molecule has 0 bridgehead atoms. The van der Waals surface area contributed by atoms with Gasteiger partial charge >= 0.3 is 0 Å². The maximum atomic E-state index is 11.8. The minimum atomic E-state index is -0.287. The summed E-state index contributed by atoms with van der Waals surface area (Å²) in [6.45, 7) is 7.60. The lowest BCUT2D eigenvalue weighted by molar-refractivity contribution is -0.121. The second-order valence-electron chi connectivity index (χ2n) is 5.05. The Bertz CT molecular complexity index is 444. The minimum absolute atomic E-state index is 0.00926. The summed E-state index contributed by atoms with van der Waals surface area (Å²) in [7, 11) is 0. The first kappa shape index (κ1) is 15.2. The first-order chi connectivity index (χ1) is 8.19. The van der Waals surface area contributed by atoms with E-state index < -0.39 is 0 Å². The van der Waals surface area contributed by atoms with Gasteiger partial charge in [-0.2, -0.15) is 0 Å². The summed E-state index contributed by atoms with van der Waals surface area (Å²) in [5.41, 5.74) is 0.731. The Hall–Kier alpha value is -0.880. The monoisotopic (exact) mass is 332 g/mol. The molecule has 0 unspecified atom stereocenters. The van der Waals surface area contributed by atoms with Gasteiger partial charge in [0.2, 0.25) is 5.91 Å². The summed E-state index contributed by atoms with van der Waals surface area (Å²) in [5.74, 6) is -0.416. The van der Waals surface area contributed by atoms with Crippen molar-refractivity contribution in [2.24, 2.45) is 0 Å². The maximum Gasteiger partial charge on any atom is 0.261 e. The van der Waals surface area contributed by atoms with E-state index in [0.717, 1.165) is 9.35 Å². The Labute approximate surface area is 119 Å². The molecule has 1 aromatic rings. The van der Waals surface area contributed by atoms with Gasteiger partial charge in [-0.3, -0.25) is 9.59 Å². The highest BCUT2D eigenvalue weighted by molar-refractivity contribution is 9.11. The Kier molecular flexibility index (Phi) is 4.92. The summed E-state index contributed by atoms with van der Waals surface area (Å²) in [6, 6.07) is 1.80. The molecule has 6 heteroatoms. The molecule has 0 aliphatic rings. The molecule has 0 saturated heterocycles. The summed E-state index contributed by atoms with van der Waals surface area (Å²) >= 11 is 4.72. The molecule has 0 atom stereocenters. The van der Waals surface area contributed by atoms with Crippen molar-refractivity contribution in [3.63, 3.8) is 0 Å². The maximum absolute atomic E-state index is 11.8. The van der Waals surface area contributed by atoms with Crippen LogP contribution in [0.2, 0.25) is 0 Å². The fourth-order valence-corrected chi connectivity index (χ4v) is 2.73. The molecule has 0 fully saturated rings. The molecule has 1 aromatic heterocycles. The van der Waals surface area contributed by atoms with Gasteiger partial charge < -0.3 is 10.6 Å². The summed E-state index contributed by atoms with van der Waals surface area (Å²) in [6.07, 6.45) is 0. The van der Waals surface area contributed by atoms with Crippen molar-refractivity contribution < 1.29 is 9.59 Å². The first-order valence-corrected chi connectivity index (χ1v) is 7.15. The molecule has 0 radical (unpaired) electrons. The standard InChI is InChI=1S/C12H17BrN2O2S/c1-7-5-8(18-10(7)13)11(17)14-6-9(16)15-12(2,3)4/h5H,6H2,1-4H3,(H,14,17)(H,15,16). The largest absolute Gasteiger partial charge is 0.350 e. The van der Waals surface area contributed by atoms with Crippen LogP contribution in [0.3, 0.4) is 0 Å². The van der Waals surface area contributed by atoms with Crippen LogP contribution in [0.1, 0.15) is 36.0 Å². The van der Waals surface area contributed by atoms with Crippen LogP contribution in [0, 0.1) is 6.92 Å². The molecule has 0 aliphatic carbocycles. The lowest BCUT2D eigenvalue weighted by Gasteiger charge is -2.20. The van der Waals surface area contributed by atoms with Gasteiger partial charge in [0.05, 0.1) is 15.2 Å². The molecular weight excluding hydrogens is 316 g/mol. The fraction of sp³-hybridized carbons (Fsp3) is 0.500. The van der Waals surface area contributed by atoms with Crippen molar-refractivity contribution in [1.82, 2.24) is 10.6 Å². The smallest absolute Gasteiger partial charge is 0.261 e. The highest BCUT2D eigenvalue weighted by Gasteiger charge is 2.16. The highest BCUT2D eigenvalue weighted by Crippen LogP contribution is 2.27. The lowest BCUT2D eigenvalue weighted by atomic mass is 10.1. The number of carbonyl (C=O) groups excluding carboxylic acids is 2. The van der Waals surface area contributed by atoms with Gasteiger partial charge in [-0.25, -0.2) is 0 Å². The molecule has 100 valence electrons. The van der Waals surface area contributed by atoms with E-state index in [1.807, 2.05) is 27.7 Å². The van der Waals surface area contributed by atoms with Crippen LogP contribution in [-0.4, -0.2) is 23.9 Å². The lowest BCUT2D eigenvalue weighted by Crippen LogP contribution is -2.45. The second kappa shape index (κ2) is 5.84. The molecule has 2 N–H and O–H groups in total. The zero-order valence-electron chi connectivity index (χ0n) is 10.9. The number of hydrogen-bond acceptors (Lipinski definition) is 3. The molecule has 1 heterocycles. The predicted octanol–water partition coefficient (Wildman–Crippen LogP) is 2.46. The van der Waals surface area contributed by atoms with Crippen LogP contribution in [-0.2, 0) is 4.79 Å². The Morgan fingerprint density at radius 3 is 2.44 bits per heavy atom. The molecule has 4 nitrogen and oxygen atoms in total. The van der Waals surface area contributed by atoms with Gasteiger partial charge in [0, 0.05) is 5.54 Å². The highest BCUT2D eigenvalue weighted by atomic mass is 79.9. The van der Waals surface area contributed by atoms with Crippen molar-refractivity contribution in [3.05, 3.63) is 20.3 Å². The third-order valence-corrected chi connectivity index (χ3v) is 4.14. The number of hydrogen-bond donors (Lipinski definition) is 2. The number of carbonyl (C=O) groups is 2. The van der Waals surface area contributed by atoms with Crippen LogP contribution in [0.15, 0.2) is 9.85 Å². The third kappa shape index (κ3) is 4.78. The van der Waals surface area contributed by atoms with E-state index >= 15 is 0 Å². The van der Waals surface area contributed by atoms with Crippen molar-refractivity contribution in [3.8, 4) is 0 Å². The van der Waals surface area contributed by atoms with E-state index in [1.54, 1.807) is 6.07 Å². The zero-order chi connectivity index (χ0) is 13.9. The van der Waals surface area contributed by atoms with Crippen LogP contribution in [0.25, 0.3) is 0 Å². The molecule has 0 saturated carbocycles. The van der Waals surface area contributed by atoms with E-state index in [4.69, 9.17) is 0 Å². The normalized spacial score (nSPS) is 11.2. The average molecular weight is 333 g/mol. The van der Waals surface area contributed by atoms with Gasteiger partial charge in [-0.05, 0) is 55.3 Å². The van der Waals surface area contributed by atoms with Gasteiger partial charge in [-0.15, -0.1) is 11.3 Å². The number of thiophene rings is 1. The predicted molar refractivity (Wildman–Crippen MR) is 77.0 cm³/mol. The molecular formula is C12H17BrN2O2S. The van der Waals surface area contributed by atoms with Crippen LogP contribution in [0.5, 0.6) is 0 Å². The Morgan fingerprint density at radius 2 is 2.00 bits per heavy atom. The second-order valence-corrected chi connectivity index (χ2v) is 7.42. The topological polar surface area (TPSA) is 58.2 Å². The molecule has 0 aliphatic heterocycles. The number of aryl methyl sites for hydroxylation is 1. The van der Waals surface area contributed by atoms with E-state index in [9.17, 15) is 9.59 Å². The number of halogens is 1. The van der Waals surface area contributed by atoms with Crippen LogP contribution >= 0.6 is 27.3 Å². The Morgan fingerprint density at radius 1 is 1.39 bits per heavy atom. The minimum Gasteiger partial charge on any atom is -0.350 e. The van der Waals surface area contributed by atoms with Crippen molar-refractivity contribution in [1.29, 1.82) is 0 Å². The van der Waals surface area contributed by atoms with E-state index in [2.05, 4.69) is 26.6 Å². The SMILES string of the molecule is Cc1cc(C(=O)NCC(=O)NC(C)(C)C)sc1Br. The van der Waals surface area contributed by atoms with Crippen LogP contribution in [0.4, 0.5) is 0 Å². The summed E-state index contributed by atoms with van der Waals surface area (Å²) in [4.78, 5) is 23.9. The van der Waals surface area contributed by atoms with E-state index in [-0.39, 0.29) is 23.9 Å². The van der Waals surface area contributed by atoms with Gasteiger partial charge in [-0.1, -0.05) is 0 Å². The van der Waals surface area contributed by atoms with Crippen molar-refractivity contribution in [2.45, 2.75) is 33.2 Å². The molecule has 0 aromatic carbocycles. The van der Waals surface area contributed by atoms with Gasteiger partial charge in [0.25, 0.3) is 5.91 Å². The third-order valence-electron chi connectivity index (χ3n) is 2.00. The summed E-state index contributed by atoms with van der Waals surface area (Å²) < 4.78 is 0.937. The van der Waals surface area contributed by atoms with Crippen LogP contribution < -0.4 is 10.6 Å². The van der Waals surface area contributed by atoms with Crippen molar-refractivity contribution in [2.75, 3.05) is 6.54 Å². The van der Waals surface area contributed by atoms with Gasteiger partial charge in [0.15, 0.2) is 0 Å².